The molecule has 1 fully saturated rings. The van der Waals surface area contributed by atoms with Crippen molar-refractivity contribution in [2.45, 2.75) is 56.6 Å². The number of aliphatic carboxylic acids is 1. The Kier molecular flexibility index (Phi) is 8.02. The molecular weight excluding hydrogens is 448 g/mol. The van der Waals surface area contributed by atoms with Crippen LogP contribution in [0.15, 0.2) is 48.5 Å². The second-order valence-electron chi connectivity index (χ2n) is 9.32. The molecule has 4 N–H and O–H groups in total. The van der Waals surface area contributed by atoms with Crippen LogP contribution in [0.1, 0.15) is 55.6 Å². The van der Waals surface area contributed by atoms with Gasteiger partial charge in [0.1, 0.15) is 6.61 Å². The van der Waals surface area contributed by atoms with Gasteiger partial charge in [-0.05, 0) is 35.1 Å². The van der Waals surface area contributed by atoms with E-state index in [-0.39, 0.29) is 25.5 Å². The first-order valence-electron chi connectivity index (χ1n) is 12.2. The van der Waals surface area contributed by atoms with E-state index in [2.05, 4.69) is 22.8 Å². The number of carboxylic acid groups (broad SMARTS) is 1. The van der Waals surface area contributed by atoms with E-state index in [9.17, 15) is 24.6 Å². The lowest BCUT2D eigenvalue weighted by molar-refractivity contribution is -0.143. The van der Waals surface area contributed by atoms with Gasteiger partial charge in [-0.15, -0.1) is 0 Å². The number of carbonyl (C=O) groups is 3. The second kappa shape index (κ2) is 11.4. The predicted octanol–water partition coefficient (Wildman–Crippen LogP) is 3.43. The lowest BCUT2D eigenvalue weighted by atomic mass is 9.94. The summed E-state index contributed by atoms with van der Waals surface area (Å²) in [7, 11) is 0. The number of hydrogen-bond acceptors (Lipinski definition) is 5. The maximum absolute atomic E-state index is 12.4. The highest BCUT2D eigenvalue weighted by atomic mass is 16.5. The van der Waals surface area contributed by atoms with Gasteiger partial charge in [0.15, 0.2) is 0 Å². The van der Waals surface area contributed by atoms with Crippen LogP contribution in [0.2, 0.25) is 0 Å². The van der Waals surface area contributed by atoms with Gasteiger partial charge in [0.05, 0.1) is 18.4 Å². The molecule has 0 bridgehead atoms. The molecular formula is C27H32N2O6. The summed E-state index contributed by atoms with van der Waals surface area (Å²) >= 11 is 0. The molecule has 2 aliphatic carbocycles. The van der Waals surface area contributed by atoms with Crippen molar-refractivity contribution in [3.05, 3.63) is 59.7 Å². The van der Waals surface area contributed by atoms with Crippen LogP contribution in [0, 0.1) is 5.92 Å². The predicted molar refractivity (Wildman–Crippen MR) is 130 cm³/mol. The van der Waals surface area contributed by atoms with E-state index in [1.165, 1.54) is 0 Å². The number of alkyl carbamates (subject to hydrolysis) is 1. The van der Waals surface area contributed by atoms with Gasteiger partial charge in [0, 0.05) is 18.5 Å². The van der Waals surface area contributed by atoms with Crippen LogP contribution in [0.3, 0.4) is 0 Å². The van der Waals surface area contributed by atoms with Gasteiger partial charge in [0.25, 0.3) is 0 Å². The molecule has 0 aliphatic heterocycles. The van der Waals surface area contributed by atoms with E-state index in [1.807, 2.05) is 36.4 Å². The van der Waals surface area contributed by atoms with Crippen LogP contribution >= 0.6 is 0 Å². The number of fused-ring (bicyclic) bond motifs is 3. The molecule has 0 saturated heterocycles. The van der Waals surface area contributed by atoms with E-state index in [4.69, 9.17) is 4.74 Å². The lowest BCUT2D eigenvalue weighted by Gasteiger charge is -2.23. The van der Waals surface area contributed by atoms with E-state index in [0.717, 1.165) is 41.5 Å². The van der Waals surface area contributed by atoms with Gasteiger partial charge in [-0.2, -0.15) is 0 Å². The Bertz CT molecular complexity index is 1030. The highest BCUT2D eigenvalue weighted by Gasteiger charge is 2.31. The van der Waals surface area contributed by atoms with Gasteiger partial charge in [-0.25, -0.2) is 4.79 Å². The minimum absolute atomic E-state index is 0.0643. The maximum atomic E-state index is 12.4. The molecule has 2 amide bonds. The zero-order chi connectivity index (χ0) is 24.8. The molecule has 8 heteroatoms. The Morgan fingerprint density at radius 2 is 1.57 bits per heavy atom. The van der Waals surface area contributed by atoms with Gasteiger partial charge < -0.3 is 25.6 Å². The highest BCUT2D eigenvalue weighted by Crippen LogP contribution is 2.44. The topological polar surface area (TPSA) is 125 Å². The molecule has 2 aromatic carbocycles. The summed E-state index contributed by atoms with van der Waals surface area (Å²) < 4.78 is 5.44. The number of carbonyl (C=O) groups excluding carboxylic acids is 2. The van der Waals surface area contributed by atoms with Crippen molar-refractivity contribution >= 4 is 18.0 Å². The monoisotopic (exact) mass is 480 g/mol. The van der Waals surface area contributed by atoms with Crippen LogP contribution in [-0.4, -0.2) is 53.5 Å². The van der Waals surface area contributed by atoms with Crippen molar-refractivity contribution in [3.8, 4) is 11.1 Å². The summed E-state index contributed by atoms with van der Waals surface area (Å²) in [6, 6.07) is 15.7. The number of nitrogens with one attached hydrogen (secondary N) is 2. The van der Waals surface area contributed by atoms with Gasteiger partial charge in [-0.1, -0.05) is 67.8 Å². The van der Waals surface area contributed by atoms with Gasteiger partial charge in [0.2, 0.25) is 5.91 Å². The summed E-state index contributed by atoms with van der Waals surface area (Å²) in [5.41, 5.74) is 4.49. The summed E-state index contributed by atoms with van der Waals surface area (Å²) in [5, 5.41) is 25.0. The van der Waals surface area contributed by atoms with Crippen LogP contribution in [0.25, 0.3) is 11.1 Å². The summed E-state index contributed by atoms with van der Waals surface area (Å²) in [4.78, 5) is 36.2. The molecule has 0 radical (unpaired) electrons. The number of aliphatic hydroxyl groups excluding tert-OH is 1. The highest BCUT2D eigenvalue weighted by molar-refractivity contribution is 5.80. The standard InChI is InChI=1S/C27H32N2O6/c30-17(14-25(31)29-24-13-3-1-2-12-22(24)26(32)33)15-28-27(34)35-16-23-20-10-6-4-8-18(20)19-9-5-7-11-21(19)23/h4-11,17,22-24,30H,1-3,12-16H2,(H,28,34)(H,29,31)(H,32,33)/t17?,22-,24+/m1/s1. The Balaban J connectivity index is 1.23. The molecule has 4 rings (SSSR count). The van der Waals surface area contributed by atoms with Crippen molar-refractivity contribution < 1.29 is 29.3 Å². The Labute approximate surface area is 204 Å². The number of carboxylic acids is 1. The number of benzene rings is 2. The first-order valence-corrected chi connectivity index (χ1v) is 12.2. The van der Waals surface area contributed by atoms with Crippen molar-refractivity contribution in [1.82, 2.24) is 10.6 Å². The Morgan fingerprint density at radius 3 is 2.23 bits per heavy atom. The Morgan fingerprint density at radius 1 is 0.943 bits per heavy atom. The van der Waals surface area contributed by atoms with Gasteiger partial charge >= 0.3 is 12.1 Å². The van der Waals surface area contributed by atoms with Crippen LogP contribution in [0.4, 0.5) is 4.79 Å². The fraction of sp³-hybridized carbons (Fsp3) is 0.444. The SMILES string of the molecule is O=C(CC(O)CNC(=O)OCC1c2ccccc2-c2ccccc21)N[C@H]1CCCCC[C@H]1C(=O)O. The third kappa shape index (κ3) is 6.00. The largest absolute Gasteiger partial charge is 0.481 e. The average molecular weight is 481 g/mol. The molecule has 0 spiro atoms. The van der Waals surface area contributed by atoms with Crippen LogP contribution < -0.4 is 10.6 Å². The molecule has 1 saturated carbocycles. The molecule has 0 heterocycles. The molecule has 3 atom stereocenters. The molecule has 2 aromatic rings. The fourth-order valence-electron chi connectivity index (χ4n) is 5.18. The minimum Gasteiger partial charge on any atom is -0.481 e. The summed E-state index contributed by atoms with van der Waals surface area (Å²) in [5.74, 6) is -2.01. The van der Waals surface area contributed by atoms with Crippen LogP contribution in [-0.2, 0) is 14.3 Å². The summed E-state index contributed by atoms with van der Waals surface area (Å²) in [6.07, 6.45) is 1.78. The van der Waals surface area contributed by atoms with E-state index in [0.29, 0.717) is 12.8 Å². The molecule has 35 heavy (non-hydrogen) atoms. The maximum Gasteiger partial charge on any atom is 0.407 e. The number of rotatable bonds is 8. The molecule has 0 aromatic heterocycles. The second-order valence-corrected chi connectivity index (χ2v) is 9.32. The van der Waals surface area contributed by atoms with Crippen molar-refractivity contribution in [2.75, 3.05) is 13.2 Å². The third-order valence-corrected chi connectivity index (χ3v) is 6.93. The first kappa shape index (κ1) is 24.7. The third-order valence-electron chi connectivity index (χ3n) is 6.93. The first-order chi connectivity index (χ1) is 16.9. The minimum atomic E-state index is -1.11. The zero-order valence-electron chi connectivity index (χ0n) is 19.6. The van der Waals surface area contributed by atoms with Crippen molar-refractivity contribution in [1.29, 1.82) is 0 Å². The van der Waals surface area contributed by atoms with E-state index < -0.39 is 36.0 Å². The normalized spacial score (nSPS) is 20.1. The van der Waals surface area contributed by atoms with Crippen LogP contribution in [0.5, 0.6) is 0 Å². The molecule has 8 nitrogen and oxygen atoms in total. The molecule has 1 unspecified atom stereocenters. The van der Waals surface area contributed by atoms with E-state index in [1.54, 1.807) is 0 Å². The van der Waals surface area contributed by atoms with Gasteiger partial charge in [-0.3, -0.25) is 9.59 Å². The fourth-order valence-corrected chi connectivity index (χ4v) is 5.18. The smallest absolute Gasteiger partial charge is 0.407 e. The Hall–Kier alpha value is -3.39. The quantitative estimate of drug-likeness (QED) is 0.429. The number of amides is 2. The number of hydrogen-bond donors (Lipinski definition) is 4. The number of aliphatic hydroxyl groups is 1. The number of ether oxygens (including phenoxy) is 1. The lowest BCUT2D eigenvalue weighted by Crippen LogP contribution is -2.44. The van der Waals surface area contributed by atoms with Crippen molar-refractivity contribution in [3.63, 3.8) is 0 Å². The molecule has 186 valence electrons. The van der Waals surface area contributed by atoms with E-state index >= 15 is 0 Å². The average Bonchev–Trinajstić information content (AvgIpc) is 2.97. The summed E-state index contributed by atoms with van der Waals surface area (Å²) in [6.45, 7) is 0.0197. The van der Waals surface area contributed by atoms with Crippen molar-refractivity contribution in [2.24, 2.45) is 5.92 Å². The molecule has 2 aliphatic rings. The zero-order valence-corrected chi connectivity index (χ0v) is 19.6.